The summed E-state index contributed by atoms with van der Waals surface area (Å²) in [6.07, 6.45) is 0. The fourth-order valence-corrected chi connectivity index (χ4v) is 0. The van der Waals surface area contributed by atoms with E-state index >= 15 is 0 Å². The monoisotopic (exact) mass is 300 g/mol. The van der Waals surface area contributed by atoms with Crippen molar-refractivity contribution in [3.8, 4) is 0 Å². The van der Waals surface area contributed by atoms with Gasteiger partial charge in [-0.1, -0.05) is 0 Å². The summed E-state index contributed by atoms with van der Waals surface area (Å²) in [5.74, 6) is 0. The summed E-state index contributed by atoms with van der Waals surface area (Å²) in [5.41, 5.74) is 0. The molecule has 0 atom stereocenters. The molecule has 0 aliphatic rings. The second kappa shape index (κ2) is 5.98. The van der Waals surface area contributed by atoms with Crippen LogP contribution in [0.4, 0.5) is 0 Å². The molecule has 0 rings (SSSR count). The number of hydrogen-bond acceptors (Lipinski definition) is 6. The molecule has 0 aromatic carbocycles. The fraction of sp³-hybridized carbons (Fsp3) is 0. The van der Waals surface area contributed by atoms with Gasteiger partial charge < -0.3 is 9.11 Å². The molecule has 11 heavy (non-hydrogen) atoms. The Morgan fingerprint density at radius 2 is 0.909 bits per heavy atom. The van der Waals surface area contributed by atoms with Gasteiger partial charge >= 0.3 is 30.8 Å². The summed E-state index contributed by atoms with van der Waals surface area (Å²) >= 11 is 0. The van der Waals surface area contributed by atoms with Crippen molar-refractivity contribution in [1.29, 1.82) is 0 Å². The van der Waals surface area contributed by atoms with E-state index in [4.69, 9.17) is 35.0 Å². The van der Waals surface area contributed by atoms with E-state index in [-0.39, 0.29) is 20.4 Å². The molecule has 8 nitrogen and oxygen atoms in total. The summed E-state index contributed by atoms with van der Waals surface area (Å²) in [6, 6.07) is 0. The van der Waals surface area contributed by atoms with Crippen LogP contribution in [0.3, 0.4) is 0 Å². The zero-order valence-corrected chi connectivity index (χ0v) is 7.66. The minimum atomic E-state index is -5.17. The van der Waals surface area contributed by atoms with E-state index in [1.54, 1.807) is 0 Å². The van der Waals surface area contributed by atoms with E-state index in [0.717, 1.165) is 0 Å². The van der Waals surface area contributed by atoms with Crippen LogP contribution in [0.25, 0.3) is 0 Å². The van der Waals surface area contributed by atoms with Crippen molar-refractivity contribution in [3.63, 3.8) is 0 Å². The zero-order valence-electron chi connectivity index (χ0n) is 4.48. The first-order valence-electron chi connectivity index (χ1n) is 1.37. The van der Waals surface area contributed by atoms with Gasteiger partial charge in [-0.3, -0.25) is 17.5 Å². The molecule has 0 aliphatic heterocycles. The molecule has 0 spiro atoms. The summed E-state index contributed by atoms with van der Waals surface area (Å²) < 4.78 is 65.7. The van der Waals surface area contributed by atoms with Crippen molar-refractivity contribution in [2.24, 2.45) is 0 Å². The van der Waals surface area contributed by atoms with Crippen LogP contribution in [-0.2, 0) is 41.2 Å². The summed E-state index contributed by atoms with van der Waals surface area (Å²) in [6.45, 7) is 0. The molecule has 0 saturated heterocycles. The molecule has 0 aromatic heterocycles. The van der Waals surface area contributed by atoms with Gasteiger partial charge in [0.15, 0.2) is 0 Å². The molecule has 2 N–H and O–H groups in total. The second-order valence-electron chi connectivity index (χ2n) is 0.856. The van der Waals surface area contributed by atoms with Crippen LogP contribution >= 0.6 is 0 Å². The Morgan fingerprint density at radius 1 is 0.909 bits per heavy atom. The molecular formula is H2O8PdS2. The number of hydrogen-bond donors (Lipinski definition) is 2. The molecular weight excluding hydrogens is 299 g/mol. The Bertz CT molecular complexity index is 208. The predicted molar refractivity (Wildman–Crippen MR) is 24.7 cm³/mol. The van der Waals surface area contributed by atoms with Crippen LogP contribution in [0.15, 0.2) is 0 Å². The van der Waals surface area contributed by atoms with Gasteiger partial charge in [-0.25, -0.2) is 0 Å². The van der Waals surface area contributed by atoms with Gasteiger partial charge in [-0.15, -0.1) is 0 Å². The summed E-state index contributed by atoms with van der Waals surface area (Å²) in [7, 11) is -9.83. The van der Waals surface area contributed by atoms with E-state index in [1.807, 2.05) is 0 Å². The first-order valence-corrected chi connectivity index (χ1v) is 4.10. The minimum Gasteiger partial charge on any atom is -0.759 e. The largest absolute Gasteiger partial charge is 2.00 e. The van der Waals surface area contributed by atoms with Crippen molar-refractivity contribution >= 4 is 20.8 Å². The molecule has 0 amide bonds. The quantitative estimate of drug-likeness (QED) is 0.296. The Hall–Kier alpha value is 0.402. The predicted octanol–water partition coefficient (Wildman–Crippen LogP) is -1.99. The average Bonchev–Trinajstić information content (AvgIpc) is 1.12. The van der Waals surface area contributed by atoms with Gasteiger partial charge in [0, 0.05) is 10.4 Å². The molecule has 0 radical (unpaired) electrons. The third kappa shape index (κ3) is 4540. The van der Waals surface area contributed by atoms with Crippen molar-refractivity contribution < 1.29 is 55.5 Å². The second-order valence-corrected chi connectivity index (χ2v) is 2.57. The van der Waals surface area contributed by atoms with Crippen molar-refractivity contribution in [3.05, 3.63) is 0 Å². The third-order valence-corrected chi connectivity index (χ3v) is 0. The maximum absolute atomic E-state index is 8.74. The van der Waals surface area contributed by atoms with Crippen LogP contribution in [0.5, 0.6) is 0 Å². The molecule has 0 heterocycles. The Kier molecular flexibility index (Phi) is 9.50. The SMILES string of the molecule is O=S(=O)(O)O.O=S(=O)([O-])[O-].[Pd+2]. The molecule has 0 saturated carbocycles. The van der Waals surface area contributed by atoms with E-state index in [2.05, 4.69) is 0 Å². The zero-order chi connectivity index (χ0) is 9.00. The topological polar surface area (TPSA) is 155 Å². The van der Waals surface area contributed by atoms with Crippen molar-refractivity contribution in [1.82, 2.24) is 0 Å². The van der Waals surface area contributed by atoms with E-state index < -0.39 is 20.8 Å². The van der Waals surface area contributed by atoms with Gasteiger partial charge in [0.05, 0.1) is 0 Å². The van der Waals surface area contributed by atoms with Crippen LogP contribution in [0.2, 0.25) is 0 Å². The van der Waals surface area contributed by atoms with Crippen molar-refractivity contribution in [2.45, 2.75) is 0 Å². The third-order valence-electron chi connectivity index (χ3n) is 0. The maximum Gasteiger partial charge on any atom is 2.00 e. The molecule has 0 aliphatic carbocycles. The van der Waals surface area contributed by atoms with E-state index in [1.165, 1.54) is 0 Å². The first kappa shape index (κ1) is 17.5. The van der Waals surface area contributed by atoms with Gasteiger partial charge in [-0.2, -0.15) is 8.42 Å². The van der Waals surface area contributed by atoms with Gasteiger partial charge in [0.1, 0.15) is 0 Å². The molecule has 0 unspecified atom stereocenters. The molecule has 11 heteroatoms. The van der Waals surface area contributed by atoms with Crippen LogP contribution in [0, 0.1) is 0 Å². The summed E-state index contributed by atoms with van der Waals surface area (Å²) in [4.78, 5) is 0. The normalized spacial score (nSPS) is 10.5. The van der Waals surface area contributed by atoms with Gasteiger partial charge in [0.25, 0.3) is 0 Å². The van der Waals surface area contributed by atoms with Crippen molar-refractivity contribution in [2.75, 3.05) is 0 Å². The van der Waals surface area contributed by atoms with Crippen LogP contribution in [-0.4, -0.2) is 35.0 Å². The minimum absolute atomic E-state index is 0. The average molecular weight is 301 g/mol. The van der Waals surface area contributed by atoms with Gasteiger partial charge in [0.2, 0.25) is 0 Å². The van der Waals surface area contributed by atoms with E-state index in [0.29, 0.717) is 0 Å². The molecule has 0 bridgehead atoms. The molecule has 0 aromatic rings. The number of rotatable bonds is 0. The Labute approximate surface area is 76.4 Å². The molecule has 0 fully saturated rings. The molecule has 72 valence electrons. The Morgan fingerprint density at radius 3 is 0.909 bits per heavy atom. The Balaban J connectivity index is -0.000000107. The fourth-order valence-electron chi connectivity index (χ4n) is 0. The van der Waals surface area contributed by atoms with E-state index in [9.17, 15) is 0 Å². The van der Waals surface area contributed by atoms with Crippen LogP contribution < -0.4 is 0 Å². The first-order chi connectivity index (χ1) is 4.00. The standard InChI is InChI=1S/2H2O4S.Pd/c2*1-5(2,3)4;/h2*(H2,1,2,3,4);/q;;+2/p-2. The van der Waals surface area contributed by atoms with Gasteiger partial charge in [-0.05, 0) is 0 Å². The summed E-state index contributed by atoms with van der Waals surface area (Å²) in [5, 5.41) is 0. The van der Waals surface area contributed by atoms with Crippen LogP contribution in [0.1, 0.15) is 0 Å². The maximum atomic E-state index is 8.74. The smallest absolute Gasteiger partial charge is 0.759 e.